The Bertz CT molecular complexity index is 1410. The van der Waals surface area contributed by atoms with Gasteiger partial charge < -0.3 is 14.7 Å². The van der Waals surface area contributed by atoms with E-state index >= 15 is 0 Å². The number of carbonyl (C=O) groups excluding carboxylic acids is 2. The molecule has 2 aromatic rings. The quantitative estimate of drug-likeness (QED) is 0.231. The van der Waals surface area contributed by atoms with Gasteiger partial charge in [-0.15, -0.1) is 13.2 Å². The maximum Gasteiger partial charge on any atom is 0.416 e. The summed E-state index contributed by atoms with van der Waals surface area (Å²) in [5, 5.41) is 0. The topological polar surface area (TPSA) is 43.9 Å². The number of piperazine rings is 1. The normalized spacial score (nSPS) is 20.7. The van der Waals surface area contributed by atoms with E-state index in [1.807, 2.05) is 32.0 Å². The highest BCUT2D eigenvalue weighted by Crippen LogP contribution is 2.50. The third-order valence-corrected chi connectivity index (χ3v) is 9.03. The second-order valence-electron chi connectivity index (χ2n) is 11.9. The Balaban J connectivity index is 1.76. The lowest BCUT2D eigenvalue weighted by Crippen LogP contribution is -2.57. The average Bonchev–Trinajstić information content (AvgIpc) is 3.21. The molecule has 0 radical (unpaired) electrons. The molecule has 0 spiro atoms. The summed E-state index contributed by atoms with van der Waals surface area (Å²) in [5.74, 6) is -0.0467. The summed E-state index contributed by atoms with van der Waals surface area (Å²) >= 11 is 0. The number of fused-ring (bicyclic) bond motifs is 1. The van der Waals surface area contributed by atoms with Gasteiger partial charge in [-0.2, -0.15) is 26.3 Å². The summed E-state index contributed by atoms with van der Waals surface area (Å²) in [6.07, 6.45) is -5.35. The van der Waals surface area contributed by atoms with Crippen LogP contribution < -0.4 is 0 Å². The van der Waals surface area contributed by atoms with Gasteiger partial charge in [0.25, 0.3) is 0 Å². The minimum Gasteiger partial charge on any atom is -0.335 e. The van der Waals surface area contributed by atoms with Crippen molar-refractivity contribution in [2.45, 2.75) is 70.5 Å². The summed E-state index contributed by atoms with van der Waals surface area (Å²) in [5.41, 5.74) is -1.23. The predicted molar refractivity (Wildman–Crippen MR) is 156 cm³/mol. The zero-order chi connectivity index (χ0) is 32.8. The van der Waals surface area contributed by atoms with Crippen molar-refractivity contribution in [2.24, 2.45) is 5.41 Å². The summed E-state index contributed by atoms with van der Waals surface area (Å²) in [6, 6.07) is 4.47. The number of rotatable bonds is 7. The zero-order valence-corrected chi connectivity index (χ0v) is 25.2. The van der Waals surface area contributed by atoms with Gasteiger partial charge in [0.05, 0.1) is 34.7 Å². The fourth-order valence-electron chi connectivity index (χ4n) is 6.70. The molecule has 5 nitrogen and oxygen atoms in total. The molecule has 2 aliphatic heterocycles. The molecule has 0 saturated carbocycles. The zero-order valence-electron chi connectivity index (χ0n) is 25.2. The number of amides is 3. The number of aryl methyl sites for hydroxylation is 2. The van der Waals surface area contributed by atoms with Crippen LogP contribution in [0, 0.1) is 19.3 Å². The molecule has 3 atom stereocenters. The molecule has 0 N–H and O–H groups in total. The smallest absolute Gasteiger partial charge is 0.335 e. The molecule has 0 aromatic heterocycles. The minimum atomic E-state index is -5.01. The molecule has 0 bridgehead atoms. The van der Waals surface area contributed by atoms with Gasteiger partial charge in [0.15, 0.2) is 0 Å². The molecule has 44 heavy (non-hydrogen) atoms. The summed E-state index contributed by atoms with van der Waals surface area (Å²) in [7, 11) is 1.37. The monoisotopic (exact) mass is 621 g/mol. The molecule has 2 aliphatic rings. The van der Waals surface area contributed by atoms with Crippen LogP contribution in [0.25, 0.3) is 0 Å². The van der Waals surface area contributed by atoms with Crippen LogP contribution >= 0.6 is 0 Å². The van der Waals surface area contributed by atoms with Crippen LogP contribution in [0.3, 0.4) is 0 Å². The molecule has 2 saturated heterocycles. The summed E-state index contributed by atoms with van der Waals surface area (Å²) in [4.78, 5) is 32.6. The number of allylic oxidation sites excluding steroid dienone is 2. The van der Waals surface area contributed by atoms with E-state index in [1.165, 1.54) is 18.9 Å². The Labute approximate surface area is 253 Å². The van der Waals surface area contributed by atoms with Crippen molar-refractivity contribution in [1.82, 2.24) is 14.7 Å². The molecular formula is C33H37F6N3O2. The van der Waals surface area contributed by atoms with Crippen LogP contribution in [0.4, 0.5) is 31.1 Å². The number of nitrogens with zero attached hydrogens (tertiary/aromatic N) is 3. The van der Waals surface area contributed by atoms with E-state index in [1.54, 1.807) is 22.0 Å². The van der Waals surface area contributed by atoms with Crippen LogP contribution in [-0.2, 0) is 17.1 Å². The number of benzene rings is 2. The number of halogens is 6. The molecule has 2 aromatic carbocycles. The van der Waals surface area contributed by atoms with Crippen LogP contribution in [0.15, 0.2) is 61.7 Å². The molecule has 3 unspecified atom stereocenters. The highest BCUT2D eigenvalue weighted by atomic mass is 19.4. The van der Waals surface area contributed by atoms with E-state index in [2.05, 4.69) is 13.2 Å². The van der Waals surface area contributed by atoms with Crippen molar-refractivity contribution < 1.29 is 35.9 Å². The minimum absolute atomic E-state index is 0.0467. The second-order valence-corrected chi connectivity index (χ2v) is 11.9. The lowest BCUT2D eigenvalue weighted by Gasteiger charge is -2.47. The van der Waals surface area contributed by atoms with Crippen molar-refractivity contribution in [3.05, 3.63) is 95.1 Å². The molecule has 2 fully saturated rings. The van der Waals surface area contributed by atoms with Crippen molar-refractivity contribution in [3.63, 3.8) is 0 Å². The van der Waals surface area contributed by atoms with Crippen LogP contribution in [0.1, 0.15) is 71.7 Å². The number of carbonyl (C=O) groups is 2. The number of hydrogen-bond donors (Lipinski definition) is 0. The molecule has 11 heteroatoms. The van der Waals surface area contributed by atoms with Crippen LogP contribution in [0.2, 0.25) is 0 Å². The standard InChI is InChI=1S/C33H37F6N3O2/c1-7-11-31(12-8-2)19-27-28(26-10-9-20(3)15-21(26)4)42(14-13-41(27)29(31)43)30(44)40(6)22(5)23-16-24(32(34,35)36)18-25(17-23)33(37,38)39/h7-10,15-18,22,27-28H,1-2,11-14,19H2,3-6H3. The highest BCUT2D eigenvalue weighted by Gasteiger charge is 2.56. The largest absolute Gasteiger partial charge is 0.416 e. The Morgan fingerprint density at radius 2 is 1.57 bits per heavy atom. The van der Waals surface area contributed by atoms with Gasteiger partial charge in [-0.05, 0) is 74.9 Å². The molecule has 2 heterocycles. The van der Waals surface area contributed by atoms with E-state index in [0.29, 0.717) is 31.4 Å². The van der Waals surface area contributed by atoms with E-state index in [-0.39, 0.29) is 30.6 Å². The molecule has 238 valence electrons. The van der Waals surface area contributed by atoms with Gasteiger partial charge >= 0.3 is 18.4 Å². The fraction of sp³-hybridized carbons (Fsp3) is 0.455. The summed E-state index contributed by atoms with van der Waals surface area (Å²) < 4.78 is 81.5. The molecule has 4 rings (SSSR count). The molecule has 0 aliphatic carbocycles. The third-order valence-electron chi connectivity index (χ3n) is 9.03. The number of hydrogen-bond acceptors (Lipinski definition) is 2. The van der Waals surface area contributed by atoms with Gasteiger partial charge in [-0.25, -0.2) is 4.79 Å². The van der Waals surface area contributed by atoms with E-state index in [9.17, 15) is 35.9 Å². The van der Waals surface area contributed by atoms with E-state index in [0.717, 1.165) is 16.7 Å². The van der Waals surface area contributed by atoms with Gasteiger partial charge in [0.1, 0.15) is 0 Å². The maximum atomic E-state index is 14.2. The van der Waals surface area contributed by atoms with Gasteiger partial charge in [0, 0.05) is 20.1 Å². The van der Waals surface area contributed by atoms with Gasteiger partial charge in [0.2, 0.25) is 5.91 Å². The van der Waals surface area contributed by atoms with E-state index in [4.69, 9.17) is 0 Å². The van der Waals surface area contributed by atoms with Crippen molar-refractivity contribution in [1.29, 1.82) is 0 Å². The van der Waals surface area contributed by atoms with Crippen molar-refractivity contribution in [3.8, 4) is 0 Å². The Morgan fingerprint density at radius 3 is 2.07 bits per heavy atom. The van der Waals surface area contributed by atoms with Crippen LogP contribution in [0.5, 0.6) is 0 Å². The fourth-order valence-corrected chi connectivity index (χ4v) is 6.70. The third kappa shape index (κ3) is 6.10. The number of urea groups is 1. The Kier molecular flexibility index (Phi) is 9.01. The maximum absolute atomic E-state index is 14.2. The van der Waals surface area contributed by atoms with Crippen molar-refractivity contribution >= 4 is 11.9 Å². The van der Waals surface area contributed by atoms with Gasteiger partial charge in [-0.1, -0.05) is 35.9 Å². The predicted octanol–water partition coefficient (Wildman–Crippen LogP) is 8.25. The van der Waals surface area contributed by atoms with Crippen LogP contribution in [-0.4, -0.2) is 52.8 Å². The first-order valence-corrected chi connectivity index (χ1v) is 14.4. The van der Waals surface area contributed by atoms with E-state index < -0.39 is 53.1 Å². The first kappa shape index (κ1) is 33.1. The average molecular weight is 622 g/mol. The molecular weight excluding hydrogens is 584 g/mol. The first-order chi connectivity index (χ1) is 20.4. The SMILES string of the molecule is C=CCC1(CC=C)CC2C(c3ccc(C)cc3C)N(C(=O)N(C)C(C)c3cc(C(F)(F)F)cc(C(F)(F)F)c3)CCN2C1=O. The first-order valence-electron chi connectivity index (χ1n) is 14.4. The van der Waals surface area contributed by atoms with Gasteiger partial charge in [-0.3, -0.25) is 4.79 Å². The second kappa shape index (κ2) is 12.0. The molecule has 3 amide bonds. The lowest BCUT2D eigenvalue weighted by molar-refractivity contribution is -0.143. The van der Waals surface area contributed by atoms with Crippen molar-refractivity contribution in [2.75, 3.05) is 20.1 Å². The Morgan fingerprint density at radius 1 is 1.00 bits per heavy atom. The summed E-state index contributed by atoms with van der Waals surface area (Å²) in [6.45, 7) is 13.3. The highest BCUT2D eigenvalue weighted by molar-refractivity contribution is 5.87. The number of alkyl halides is 6. The Hall–Kier alpha value is -3.76. The lowest BCUT2D eigenvalue weighted by atomic mass is 9.76.